The van der Waals surface area contributed by atoms with Gasteiger partial charge >= 0.3 is 0 Å². The normalized spacial score (nSPS) is 16.2. The van der Waals surface area contributed by atoms with Gasteiger partial charge in [-0.15, -0.1) is 0 Å². The minimum Gasteiger partial charge on any atom is -0.310 e. The quantitative estimate of drug-likeness (QED) is 0.142. The van der Waals surface area contributed by atoms with E-state index in [-0.39, 0.29) is 5.41 Å². The van der Waals surface area contributed by atoms with Crippen LogP contribution in [-0.4, -0.2) is 0 Å². The summed E-state index contributed by atoms with van der Waals surface area (Å²) < 4.78 is 0. The maximum absolute atomic E-state index is 2.62. The van der Waals surface area contributed by atoms with Gasteiger partial charge in [-0.05, 0) is 175 Å². The molecule has 1 fully saturated rings. The van der Waals surface area contributed by atoms with Crippen molar-refractivity contribution in [3.8, 4) is 55.6 Å². The number of hydrogen-bond donors (Lipinski definition) is 0. The van der Waals surface area contributed by atoms with Crippen LogP contribution in [0.25, 0.3) is 55.6 Å². The van der Waals surface area contributed by atoms with Gasteiger partial charge in [0.05, 0.1) is 16.8 Å². The predicted octanol–water partition coefficient (Wildman–Crippen LogP) is 20.7. The van der Waals surface area contributed by atoms with E-state index in [1.165, 1.54) is 132 Å². The van der Waals surface area contributed by atoms with E-state index >= 15 is 0 Å². The second-order valence-electron chi connectivity index (χ2n) is 22.5. The van der Waals surface area contributed by atoms with Gasteiger partial charge < -0.3 is 9.80 Å². The van der Waals surface area contributed by atoms with Crippen molar-refractivity contribution in [2.45, 2.75) is 62.7 Å². The van der Waals surface area contributed by atoms with Crippen LogP contribution in [0.5, 0.6) is 0 Å². The average molecular weight is 1000 g/mol. The van der Waals surface area contributed by atoms with Crippen LogP contribution in [0.3, 0.4) is 0 Å². The third kappa shape index (κ3) is 7.02. The lowest BCUT2D eigenvalue weighted by Gasteiger charge is -2.35. The first-order valence-electron chi connectivity index (χ1n) is 28.2. The molecule has 0 amide bonds. The van der Waals surface area contributed by atoms with Crippen LogP contribution in [0, 0.1) is 0 Å². The Morgan fingerprint density at radius 2 is 0.705 bits per heavy atom. The standard InChI is InChI=1S/C76H60N2/c1-75(2)67-41-23-20-38-59(67)63-46-56(44-45-68(63)75)78(55-34-16-7-17-35-55)73-49-71-64(47-62(73)52-28-10-4-11-29-52)60-39-21-24-42-69(60)76(71)70-43-25-22-40-61(70)65-48-66(58-37-19-18-36-57(58)51-26-8-3-9-27-51)74(50-72(65)76)77(53-30-12-5-13-31-53)54-32-14-6-15-33-54/h4-7,10-25,28-51H,3,8-9,26-27H2,1-2H3. The Morgan fingerprint density at radius 1 is 0.295 bits per heavy atom. The molecule has 0 bridgehead atoms. The first kappa shape index (κ1) is 46.3. The Bertz CT molecular complexity index is 4060. The zero-order valence-electron chi connectivity index (χ0n) is 44.3. The molecule has 78 heavy (non-hydrogen) atoms. The summed E-state index contributed by atoms with van der Waals surface area (Å²) >= 11 is 0. The van der Waals surface area contributed by atoms with E-state index in [4.69, 9.17) is 0 Å². The van der Waals surface area contributed by atoms with Gasteiger partial charge in [0.2, 0.25) is 0 Å². The highest BCUT2D eigenvalue weighted by Crippen LogP contribution is 2.66. The summed E-state index contributed by atoms with van der Waals surface area (Å²) in [6.45, 7) is 4.75. The summed E-state index contributed by atoms with van der Waals surface area (Å²) in [5.41, 5.74) is 28.2. The first-order valence-corrected chi connectivity index (χ1v) is 28.2. The fourth-order valence-electron chi connectivity index (χ4n) is 14.6. The van der Waals surface area contributed by atoms with Crippen LogP contribution >= 0.6 is 0 Å². The van der Waals surface area contributed by atoms with Crippen LogP contribution < -0.4 is 9.80 Å². The number of nitrogens with zero attached hydrogens (tertiary/aromatic N) is 2. The molecule has 374 valence electrons. The van der Waals surface area contributed by atoms with E-state index in [9.17, 15) is 0 Å². The molecule has 0 aromatic heterocycles. The highest BCUT2D eigenvalue weighted by Gasteiger charge is 2.53. The molecule has 1 atom stereocenters. The molecule has 1 saturated carbocycles. The molecule has 1 unspecified atom stereocenters. The van der Waals surface area contributed by atoms with Gasteiger partial charge in [-0.25, -0.2) is 0 Å². The summed E-state index contributed by atoms with van der Waals surface area (Å²) in [6.07, 6.45) is 6.32. The highest BCUT2D eigenvalue weighted by molar-refractivity contribution is 6.03. The summed E-state index contributed by atoms with van der Waals surface area (Å²) in [6, 6.07) is 98.8. The molecule has 11 aromatic carbocycles. The molecule has 0 radical (unpaired) electrons. The minimum absolute atomic E-state index is 0.112. The maximum Gasteiger partial charge on any atom is 0.0727 e. The van der Waals surface area contributed by atoms with Crippen molar-refractivity contribution in [2.24, 2.45) is 0 Å². The van der Waals surface area contributed by atoms with Crippen LogP contribution in [0.15, 0.2) is 261 Å². The summed E-state index contributed by atoms with van der Waals surface area (Å²) in [4.78, 5) is 5.07. The van der Waals surface area contributed by atoms with Gasteiger partial charge in [0, 0.05) is 39.3 Å². The topological polar surface area (TPSA) is 6.48 Å². The molecule has 0 aliphatic heterocycles. The van der Waals surface area contributed by atoms with Gasteiger partial charge in [0.1, 0.15) is 0 Å². The van der Waals surface area contributed by atoms with Crippen molar-refractivity contribution in [3.05, 3.63) is 300 Å². The average Bonchev–Trinajstić information content (AvgIpc) is 4.16. The van der Waals surface area contributed by atoms with E-state index in [1.807, 2.05) is 0 Å². The Morgan fingerprint density at radius 3 is 1.27 bits per heavy atom. The van der Waals surface area contributed by atoms with E-state index in [1.54, 1.807) is 0 Å². The molecule has 2 heteroatoms. The Hall–Kier alpha value is -8.98. The molecule has 1 spiro atoms. The molecule has 4 aliphatic rings. The molecule has 0 saturated heterocycles. The van der Waals surface area contributed by atoms with Crippen LogP contribution in [0.4, 0.5) is 34.1 Å². The molecular weight excluding hydrogens is 941 g/mol. The fraction of sp³-hybridized carbons (Fsp3) is 0.132. The SMILES string of the molecule is CC1(C)c2ccccc2-c2cc(N(c3ccccc3)c3cc4c(cc3-c3ccccc3)-c3ccccc3C43c4ccccc4-c4cc(-c5ccccc5C5CCCCC5)c(N(c5ccccc5)c5ccccc5)cc43)ccc21. The fourth-order valence-corrected chi connectivity index (χ4v) is 14.6. The van der Waals surface area contributed by atoms with Gasteiger partial charge in [0.25, 0.3) is 0 Å². The second-order valence-corrected chi connectivity index (χ2v) is 22.5. The molecular formula is C76H60N2. The summed E-state index contributed by atoms with van der Waals surface area (Å²) in [5, 5.41) is 0. The van der Waals surface area contributed by atoms with Crippen molar-refractivity contribution in [3.63, 3.8) is 0 Å². The Labute approximate surface area is 459 Å². The number of anilines is 6. The van der Waals surface area contributed by atoms with Crippen molar-refractivity contribution < 1.29 is 0 Å². The van der Waals surface area contributed by atoms with Crippen LogP contribution in [-0.2, 0) is 10.8 Å². The minimum atomic E-state index is -0.666. The van der Waals surface area contributed by atoms with Gasteiger partial charge in [0.15, 0.2) is 0 Å². The Balaban J connectivity index is 1.05. The maximum atomic E-state index is 2.62. The van der Waals surface area contributed by atoms with Crippen molar-refractivity contribution in [1.29, 1.82) is 0 Å². The molecule has 2 nitrogen and oxygen atoms in total. The predicted molar refractivity (Wildman–Crippen MR) is 326 cm³/mol. The summed E-state index contributed by atoms with van der Waals surface area (Å²) in [7, 11) is 0. The largest absolute Gasteiger partial charge is 0.310 e. The zero-order valence-corrected chi connectivity index (χ0v) is 44.3. The van der Waals surface area contributed by atoms with E-state index in [0.29, 0.717) is 5.92 Å². The summed E-state index contributed by atoms with van der Waals surface area (Å²) in [5.74, 6) is 0.516. The van der Waals surface area contributed by atoms with Crippen molar-refractivity contribution >= 4 is 34.1 Å². The van der Waals surface area contributed by atoms with E-state index in [0.717, 1.165) is 28.4 Å². The van der Waals surface area contributed by atoms with Crippen molar-refractivity contribution in [1.82, 2.24) is 0 Å². The van der Waals surface area contributed by atoms with Gasteiger partial charge in [-0.2, -0.15) is 0 Å². The molecule has 15 rings (SSSR count). The van der Waals surface area contributed by atoms with Gasteiger partial charge in [-0.1, -0.05) is 221 Å². The molecule has 11 aromatic rings. The van der Waals surface area contributed by atoms with Gasteiger partial charge in [-0.3, -0.25) is 0 Å². The zero-order chi connectivity index (χ0) is 52.0. The molecule has 4 aliphatic carbocycles. The second kappa shape index (κ2) is 18.4. The third-order valence-corrected chi connectivity index (χ3v) is 18.1. The first-order chi connectivity index (χ1) is 38.5. The smallest absolute Gasteiger partial charge is 0.0727 e. The van der Waals surface area contributed by atoms with Crippen LogP contribution in [0.2, 0.25) is 0 Å². The number of benzene rings is 11. The molecule has 0 heterocycles. The lowest BCUT2D eigenvalue weighted by atomic mass is 9.70. The number of rotatable bonds is 9. The monoisotopic (exact) mass is 1000 g/mol. The third-order valence-electron chi connectivity index (χ3n) is 18.1. The Kier molecular flexibility index (Phi) is 10.9. The molecule has 0 N–H and O–H groups in total. The van der Waals surface area contributed by atoms with Crippen LogP contribution in [0.1, 0.15) is 90.8 Å². The van der Waals surface area contributed by atoms with E-state index in [2.05, 4.69) is 285 Å². The lowest BCUT2D eigenvalue weighted by Crippen LogP contribution is -2.27. The number of para-hydroxylation sites is 3. The highest BCUT2D eigenvalue weighted by atomic mass is 15.2. The van der Waals surface area contributed by atoms with Crippen molar-refractivity contribution in [2.75, 3.05) is 9.80 Å². The lowest BCUT2D eigenvalue weighted by molar-refractivity contribution is 0.444. The number of hydrogen-bond acceptors (Lipinski definition) is 2. The van der Waals surface area contributed by atoms with E-state index < -0.39 is 5.41 Å². The number of fused-ring (bicyclic) bond motifs is 13.